The zero-order valence-electron chi connectivity index (χ0n) is 17.5. The van der Waals surface area contributed by atoms with E-state index in [0.717, 1.165) is 25.0 Å². The highest BCUT2D eigenvalue weighted by Gasteiger charge is 2.47. The fraction of sp³-hybridized carbons (Fsp3) is 0.750. The number of carbonyl (C=O) groups excluding carboxylic acids is 2. The zero-order chi connectivity index (χ0) is 21.9. The number of esters is 1. The number of imidazole rings is 1. The number of hydrogen-bond donors (Lipinski definition) is 5. The van der Waals surface area contributed by atoms with Crippen LogP contribution in [0.3, 0.4) is 0 Å². The van der Waals surface area contributed by atoms with E-state index in [1.807, 2.05) is 0 Å². The Hall–Kier alpha value is -1.97. The van der Waals surface area contributed by atoms with Gasteiger partial charge < -0.3 is 31.4 Å². The summed E-state index contributed by atoms with van der Waals surface area (Å²) in [6.45, 7) is 3.77. The van der Waals surface area contributed by atoms with Crippen molar-refractivity contribution in [2.75, 3.05) is 6.61 Å². The van der Waals surface area contributed by atoms with Gasteiger partial charge in [0, 0.05) is 18.3 Å². The molecule has 29 heavy (non-hydrogen) atoms. The number of aliphatic hydroxyl groups is 2. The van der Waals surface area contributed by atoms with E-state index < -0.39 is 36.0 Å². The van der Waals surface area contributed by atoms with Crippen LogP contribution < -0.4 is 11.5 Å². The lowest BCUT2D eigenvalue weighted by Crippen LogP contribution is -2.63. The summed E-state index contributed by atoms with van der Waals surface area (Å²) in [6.07, 6.45) is 5.80. The fourth-order valence-corrected chi connectivity index (χ4v) is 3.24. The van der Waals surface area contributed by atoms with Gasteiger partial charge in [0.1, 0.15) is 11.9 Å². The van der Waals surface area contributed by atoms with E-state index in [1.165, 1.54) is 25.7 Å². The number of ether oxygens (including phenoxy) is 1. The number of aromatic nitrogens is 2. The normalized spacial score (nSPS) is 15.5. The van der Waals surface area contributed by atoms with Crippen molar-refractivity contribution in [3.63, 3.8) is 0 Å². The fourth-order valence-electron chi connectivity index (χ4n) is 3.24. The molecule has 1 aromatic heterocycles. The van der Waals surface area contributed by atoms with E-state index in [-0.39, 0.29) is 13.0 Å². The minimum absolute atomic E-state index is 0.0132. The molecular weight excluding hydrogens is 376 g/mol. The lowest BCUT2D eigenvalue weighted by atomic mass is 9.85. The third-order valence-corrected chi connectivity index (χ3v) is 4.90. The first-order valence-corrected chi connectivity index (χ1v) is 10.4. The Morgan fingerprint density at radius 2 is 1.86 bits per heavy atom. The molecule has 0 spiro atoms. The molecular formula is C20H36N4O5. The smallest absolute Gasteiger partial charge is 0.329 e. The Kier molecular flexibility index (Phi) is 10.9. The van der Waals surface area contributed by atoms with Crippen LogP contribution in [0.2, 0.25) is 0 Å². The molecule has 166 valence electrons. The first-order valence-electron chi connectivity index (χ1n) is 10.4. The van der Waals surface area contributed by atoms with Crippen LogP contribution in [0.25, 0.3) is 0 Å². The van der Waals surface area contributed by atoms with E-state index in [1.54, 1.807) is 13.1 Å². The van der Waals surface area contributed by atoms with Crippen molar-refractivity contribution in [1.82, 2.24) is 9.97 Å². The summed E-state index contributed by atoms with van der Waals surface area (Å²) < 4.78 is 4.85. The van der Waals surface area contributed by atoms with Crippen LogP contribution in [-0.2, 0) is 27.2 Å². The van der Waals surface area contributed by atoms with Crippen molar-refractivity contribution in [1.29, 1.82) is 0 Å². The highest BCUT2D eigenvalue weighted by molar-refractivity contribution is 5.88. The van der Waals surface area contributed by atoms with E-state index in [9.17, 15) is 19.8 Å². The van der Waals surface area contributed by atoms with Crippen LogP contribution in [0.15, 0.2) is 6.20 Å². The Morgan fingerprint density at radius 3 is 2.48 bits per heavy atom. The first kappa shape index (κ1) is 25.1. The van der Waals surface area contributed by atoms with Gasteiger partial charge >= 0.3 is 5.97 Å². The molecule has 1 rings (SSSR count). The number of rotatable bonds is 15. The molecule has 7 N–H and O–H groups in total. The van der Waals surface area contributed by atoms with Crippen LogP contribution in [0.4, 0.5) is 0 Å². The van der Waals surface area contributed by atoms with Crippen molar-refractivity contribution in [2.24, 2.45) is 11.5 Å². The summed E-state index contributed by atoms with van der Waals surface area (Å²) in [6, 6.07) is 0. The maximum absolute atomic E-state index is 12.2. The van der Waals surface area contributed by atoms with Crippen molar-refractivity contribution in [3.05, 3.63) is 17.7 Å². The average Bonchev–Trinajstić information content (AvgIpc) is 3.10. The maximum Gasteiger partial charge on any atom is 0.329 e. The number of amides is 1. The van der Waals surface area contributed by atoms with Crippen LogP contribution in [0.1, 0.15) is 70.3 Å². The van der Waals surface area contributed by atoms with Gasteiger partial charge in [-0.15, -0.1) is 0 Å². The Labute approximate surface area is 172 Å². The third-order valence-electron chi connectivity index (χ3n) is 4.90. The number of aryl methyl sites for hydroxylation is 1. The maximum atomic E-state index is 12.2. The highest BCUT2D eigenvalue weighted by Crippen LogP contribution is 2.20. The van der Waals surface area contributed by atoms with Gasteiger partial charge in [-0.1, -0.05) is 39.0 Å². The van der Waals surface area contributed by atoms with Gasteiger partial charge in [0.05, 0.1) is 19.1 Å². The topological polar surface area (TPSA) is 165 Å². The van der Waals surface area contributed by atoms with Gasteiger partial charge in [0.15, 0.2) is 5.54 Å². The molecule has 0 bridgehead atoms. The lowest BCUT2D eigenvalue weighted by Gasteiger charge is -2.33. The monoisotopic (exact) mass is 412 g/mol. The molecule has 1 heterocycles. The number of nitrogens with one attached hydrogen (secondary N) is 1. The molecule has 0 aromatic carbocycles. The second-order valence-corrected chi connectivity index (χ2v) is 7.49. The molecule has 0 saturated carbocycles. The molecule has 3 unspecified atom stereocenters. The summed E-state index contributed by atoms with van der Waals surface area (Å²) in [5.41, 5.74) is 9.90. The lowest BCUT2D eigenvalue weighted by molar-refractivity contribution is -0.160. The Morgan fingerprint density at radius 1 is 1.21 bits per heavy atom. The average molecular weight is 413 g/mol. The Bertz CT molecular complexity index is 636. The molecule has 0 fully saturated rings. The summed E-state index contributed by atoms with van der Waals surface area (Å²) in [5.74, 6) is -1.41. The minimum Gasteiger partial charge on any atom is -0.465 e. The molecule has 0 radical (unpaired) electrons. The largest absolute Gasteiger partial charge is 0.465 e. The minimum atomic E-state index is -2.13. The van der Waals surface area contributed by atoms with Crippen molar-refractivity contribution in [2.45, 2.75) is 89.4 Å². The van der Waals surface area contributed by atoms with Crippen LogP contribution >= 0.6 is 0 Å². The van der Waals surface area contributed by atoms with Crippen LogP contribution in [-0.4, -0.2) is 56.4 Å². The molecule has 1 aromatic rings. The molecule has 0 aliphatic heterocycles. The number of unbranched alkanes of at least 4 members (excludes halogenated alkanes) is 5. The molecule has 3 atom stereocenters. The number of hydrogen-bond acceptors (Lipinski definition) is 7. The second-order valence-electron chi connectivity index (χ2n) is 7.49. The van der Waals surface area contributed by atoms with Gasteiger partial charge in [-0.05, 0) is 19.8 Å². The van der Waals surface area contributed by atoms with E-state index in [0.29, 0.717) is 5.82 Å². The summed E-state index contributed by atoms with van der Waals surface area (Å²) in [5, 5.41) is 20.9. The van der Waals surface area contributed by atoms with E-state index >= 15 is 0 Å². The summed E-state index contributed by atoms with van der Waals surface area (Å²) in [4.78, 5) is 30.8. The predicted octanol–water partition coefficient (Wildman–Crippen LogP) is 0.713. The van der Waals surface area contributed by atoms with Gasteiger partial charge in [-0.25, -0.2) is 9.78 Å². The first-order chi connectivity index (χ1) is 13.7. The number of aliphatic hydroxyl groups excluding tert-OH is 2. The highest BCUT2D eigenvalue weighted by atomic mass is 16.5. The summed E-state index contributed by atoms with van der Waals surface area (Å²) >= 11 is 0. The quantitative estimate of drug-likeness (QED) is 0.209. The van der Waals surface area contributed by atoms with Gasteiger partial charge in [0.25, 0.3) is 0 Å². The number of nitrogens with two attached hydrogens (primary N) is 2. The number of aromatic amines is 1. The summed E-state index contributed by atoms with van der Waals surface area (Å²) in [7, 11) is 0. The molecule has 0 aliphatic carbocycles. The predicted molar refractivity (Wildman–Crippen MR) is 109 cm³/mol. The molecule has 0 aliphatic rings. The number of H-pyrrole nitrogens is 1. The standard InChI is InChI=1S/C20H36N4O5/c1-3-5-6-7-8-9-10-14-13-23-17(24-14)11-15(25)18(27)20(22,12-16(21)26)19(28)29-4-2/h13,15,18,25,27H,3-12,22H2,1-2H3,(H2,21,26)(H,23,24). The zero-order valence-corrected chi connectivity index (χ0v) is 17.5. The van der Waals surface area contributed by atoms with Crippen molar-refractivity contribution >= 4 is 11.9 Å². The molecule has 0 saturated heterocycles. The Balaban J connectivity index is 2.64. The van der Waals surface area contributed by atoms with Gasteiger partial charge in [-0.2, -0.15) is 0 Å². The van der Waals surface area contributed by atoms with E-state index in [2.05, 4.69) is 16.9 Å². The SMILES string of the molecule is CCCCCCCCc1cnc(CC(O)C(O)C(N)(CC(N)=O)C(=O)OCC)[nH]1. The number of carbonyl (C=O) groups is 2. The van der Waals surface area contributed by atoms with Gasteiger partial charge in [0.2, 0.25) is 5.91 Å². The van der Waals surface area contributed by atoms with Crippen LogP contribution in [0, 0.1) is 0 Å². The molecule has 1 amide bonds. The van der Waals surface area contributed by atoms with Crippen LogP contribution in [0.5, 0.6) is 0 Å². The number of primary amides is 1. The van der Waals surface area contributed by atoms with Crippen molar-refractivity contribution < 1.29 is 24.5 Å². The van der Waals surface area contributed by atoms with Crippen molar-refractivity contribution in [3.8, 4) is 0 Å². The molecule has 9 nitrogen and oxygen atoms in total. The van der Waals surface area contributed by atoms with Gasteiger partial charge in [-0.3, -0.25) is 4.79 Å². The third kappa shape index (κ3) is 8.12. The second kappa shape index (κ2) is 12.6. The van der Waals surface area contributed by atoms with E-state index in [4.69, 9.17) is 16.2 Å². The molecule has 9 heteroatoms. The number of nitrogens with zero attached hydrogens (tertiary/aromatic N) is 1.